The van der Waals surface area contributed by atoms with Gasteiger partial charge in [-0.3, -0.25) is 9.59 Å². The van der Waals surface area contributed by atoms with Gasteiger partial charge in [-0.1, -0.05) is 6.07 Å². The van der Waals surface area contributed by atoms with Crippen LogP contribution in [0.3, 0.4) is 0 Å². The van der Waals surface area contributed by atoms with Gasteiger partial charge in [-0.15, -0.1) is 0 Å². The fraction of sp³-hybridized carbons (Fsp3) is 0.385. The molecule has 1 aromatic carbocycles. The molecule has 0 heterocycles. The minimum absolute atomic E-state index is 0.119. The molecule has 1 fully saturated rings. The summed E-state index contributed by atoms with van der Waals surface area (Å²) in [6.07, 6.45) is 2.39. The molecular weight excluding hydrogens is 232 g/mol. The molecule has 5 heteroatoms. The van der Waals surface area contributed by atoms with Gasteiger partial charge < -0.3 is 15.8 Å². The molecule has 0 aliphatic heterocycles. The van der Waals surface area contributed by atoms with Crippen LogP contribution in [0.4, 0.5) is 0 Å². The molecule has 2 rings (SSSR count). The Balaban J connectivity index is 1.92. The van der Waals surface area contributed by atoms with Crippen molar-refractivity contribution in [3.8, 4) is 5.75 Å². The number of carbonyl (C=O) groups excluding carboxylic acids is 2. The zero-order valence-corrected chi connectivity index (χ0v) is 10.0. The molecule has 0 radical (unpaired) electrons. The maximum atomic E-state index is 11.8. The van der Waals surface area contributed by atoms with Crippen molar-refractivity contribution < 1.29 is 14.3 Å². The maximum absolute atomic E-state index is 11.8. The van der Waals surface area contributed by atoms with E-state index in [-0.39, 0.29) is 12.5 Å². The average molecular weight is 248 g/mol. The highest BCUT2D eigenvalue weighted by Gasteiger charge is 2.21. The van der Waals surface area contributed by atoms with Gasteiger partial charge in [0.1, 0.15) is 5.75 Å². The Labute approximate surface area is 105 Å². The first-order valence-electron chi connectivity index (χ1n) is 5.94. The third-order valence-corrected chi connectivity index (χ3v) is 2.73. The predicted octanol–water partition coefficient (Wildman–Crippen LogP) is 0.690. The fourth-order valence-corrected chi connectivity index (χ4v) is 1.54. The quantitative estimate of drug-likeness (QED) is 0.777. The summed E-state index contributed by atoms with van der Waals surface area (Å²) in [5, 5.41) is 2.87. The van der Waals surface area contributed by atoms with E-state index in [4.69, 9.17) is 10.5 Å². The van der Waals surface area contributed by atoms with Crippen LogP contribution in [0, 0.1) is 5.92 Å². The minimum atomic E-state index is -0.543. The number of amides is 2. The Kier molecular flexibility index (Phi) is 3.82. The molecule has 0 aromatic heterocycles. The van der Waals surface area contributed by atoms with Crippen molar-refractivity contribution in [2.75, 3.05) is 13.2 Å². The summed E-state index contributed by atoms with van der Waals surface area (Å²) in [7, 11) is 0. The van der Waals surface area contributed by atoms with Gasteiger partial charge in [-0.25, -0.2) is 0 Å². The van der Waals surface area contributed by atoms with Crippen LogP contribution in [-0.2, 0) is 4.79 Å². The Morgan fingerprint density at radius 2 is 2.17 bits per heavy atom. The molecule has 5 nitrogen and oxygen atoms in total. The van der Waals surface area contributed by atoms with Crippen molar-refractivity contribution in [1.29, 1.82) is 0 Å². The molecule has 3 N–H and O–H groups in total. The highest BCUT2D eigenvalue weighted by molar-refractivity contribution is 5.94. The normalized spacial score (nSPS) is 14.0. The Bertz CT molecular complexity index is 455. The second kappa shape index (κ2) is 5.53. The van der Waals surface area contributed by atoms with Gasteiger partial charge in [0.25, 0.3) is 11.8 Å². The summed E-state index contributed by atoms with van der Waals surface area (Å²) >= 11 is 0. The molecule has 1 aliphatic carbocycles. The van der Waals surface area contributed by atoms with E-state index in [9.17, 15) is 9.59 Å². The lowest BCUT2D eigenvalue weighted by atomic mass is 10.2. The maximum Gasteiger partial charge on any atom is 0.255 e. The summed E-state index contributed by atoms with van der Waals surface area (Å²) in [5.41, 5.74) is 5.51. The SMILES string of the molecule is NC(=O)COc1cccc(C(=O)NCC2CC2)c1. The van der Waals surface area contributed by atoms with Gasteiger partial charge in [0.2, 0.25) is 0 Å². The fourth-order valence-electron chi connectivity index (χ4n) is 1.54. The number of carbonyl (C=O) groups is 2. The van der Waals surface area contributed by atoms with E-state index >= 15 is 0 Å². The lowest BCUT2D eigenvalue weighted by molar-refractivity contribution is -0.119. The van der Waals surface area contributed by atoms with Crippen LogP contribution < -0.4 is 15.8 Å². The number of nitrogens with two attached hydrogens (primary N) is 1. The summed E-state index contributed by atoms with van der Waals surface area (Å²) in [6, 6.07) is 6.70. The van der Waals surface area contributed by atoms with Crippen molar-refractivity contribution in [3.05, 3.63) is 29.8 Å². The van der Waals surface area contributed by atoms with Crippen LogP contribution in [0.2, 0.25) is 0 Å². The van der Waals surface area contributed by atoms with Gasteiger partial charge in [0, 0.05) is 12.1 Å². The number of rotatable bonds is 6. The van der Waals surface area contributed by atoms with E-state index in [1.807, 2.05) is 0 Å². The van der Waals surface area contributed by atoms with Crippen molar-refractivity contribution in [2.24, 2.45) is 11.7 Å². The molecule has 0 bridgehead atoms. The topological polar surface area (TPSA) is 81.4 Å². The highest BCUT2D eigenvalue weighted by Crippen LogP contribution is 2.27. The third kappa shape index (κ3) is 3.76. The standard InChI is InChI=1S/C13H16N2O3/c14-12(16)8-18-11-3-1-2-10(6-11)13(17)15-7-9-4-5-9/h1-3,6,9H,4-5,7-8H2,(H2,14,16)(H,15,17). The van der Waals surface area contributed by atoms with Crippen molar-refractivity contribution >= 4 is 11.8 Å². The lowest BCUT2D eigenvalue weighted by Crippen LogP contribution is -2.25. The number of primary amides is 1. The molecular formula is C13H16N2O3. The van der Waals surface area contributed by atoms with Crippen LogP contribution in [0.5, 0.6) is 5.75 Å². The molecule has 0 saturated heterocycles. The summed E-state index contributed by atoms with van der Waals surface area (Å²) in [6.45, 7) is 0.540. The smallest absolute Gasteiger partial charge is 0.255 e. The number of nitrogens with one attached hydrogen (secondary N) is 1. The predicted molar refractivity (Wildman–Crippen MR) is 66.2 cm³/mol. The molecule has 0 unspecified atom stereocenters. The van der Waals surface area contributed by atoms with Crippen molar-refractivity contribution in [3.63, 3.8) is 0 Å². The monoisotopic (exact) mass is 248 g/mol. The number of benzene rings is 1. The first-order valence-corrected chi connectivity index (χ1v) is 5.94. The molecule has 1 saturated carbocycles. The zero-order chi connectivity index (χ0) is 13.0. The van der Waals surface area contributed by atoms with E-state index in [2.05, 4.69) is 5.32 Å². The Morgan fingerprint density at radius 1 is 1.39 bits per heavy atom. The molecule has 1 aliphatic rings. The second-order valence-electron chi connectivity index (χ2n) is 4.44. The number of ether oxygens (including phenoxy) is 1. The van der Waals surface area contributed by atoms with Crippen LogP contribution >= 0.6 is 0 Å². The van der Waals surface area contributed by atoms with Crippen LogP contribution in [0.15, 0.2) is 24.3 Å². The Morgan fingerprint density at radius 3 is 2.83 bits per heavy atom. The van der Waals surface area contributed by atoms with Gasteiger partial charge in [-0.2, -0.15) is 0 Å². The first-order chi connectivity index (χ1) is 8.65. The average Bonchev–Trinajstić information content (AvgIpc) is 3.18. The van der Waals surface area contributed by atoms with E-state index in [0.717, 1.165) is 6.54 Å². The summed E-state index contributed by atoms with van der Waals surface area (Å²) in [5.74, 6) is 0.445. The molecule has 2 amide bonds. The van der Waals surface area contributed by atoms with Gasteiger partial charge in [-0.05, 0) is 37.0 Å². The largest absolute Gasteiger partial charge is 0.484 e. The lowest BCUT2D eigenvalue weighted by Gasteiger charge is -2.07. The van der Waals surface area contributed by atoms with E-state index in [0.29, 0.717) is 17.2 Å². The van der Waals surface area contributed by atoms with Crippen LogP contribution in [0.25, 0.3) is 0 Å². The minimum Gasteiger partial charge on any atom is -0.484 e. The van der Waals surface area contributed by atoms with E-state index in [1.165, 1.54) is 12.8 Å². The molecule has 1 aromatic rings. The van der Waals surface area contributed by atoms with E-state index in [1.54, 1.807) is 24.3 Å². The van der Waals surface area contributed by atoms with Gasteiger partial charge >= 0.3 is 0 Å². The van der Waals surface area contributed by atoms with E-state index < -0.39 is 5.91 Å². The summed E-state index contributed by atoms with van der Waals surface area (Å²) in [4.78, 5) is 22.4. The molecule has 18 heavy (non-hydrogen) atoms. The number of hydrogen-bond donors (Lipinski definition) is 2. The highest BCUT2D eigenvalue weighted by atomic mass is 16.5. The van der Waals surface area contributed by atoms with Crippen LogP contribution in [0.1, 0.15) is 23.2 Å². The van der Waals surface area contributed by atoms with Gasteiger partial charge in [0.15, 0.2) is 6.61 Å². The molecule has 0 atom stereocenters. The van der Waals surface area contributed by atoms with Gasteiger partial charge in [0.05, 0.1) is 0 Å². The van der Waals surface area contributed by atoms with Crippen molar-refractivity contribution in [1.82, 2.24) is 5.32 Å². The number of hydrogen-bond acceptors (Lipinski definition) is 3. The molecule has 96 valence electrons. The summed E-state index contributed by atoms with van der Waals surface area (Å²) < 4.78 is 5.14. The first kappa shape index (κ1) is 12.4. The Hall–Kier alpha value is -2.04. The zero-order valence-electron chi connectivity index (χ0n) is 10.0. The third-order valence-electron chi connectivity index (χ3n) is 2.73. The second-order valence-corrected chi connectivity index (χ2v) is 4.44. The van der Waals surface area contributed by atoms with Crippen LogP contribution in [-0.4, -0.2) is 25.0 Å². The van der Waals surface area contributed by atoms with Crippen molar-refractivity contribution in [2.45, 2.75) is 12.8 Å². The molecule has 0 spiro atoms.